The minimum absolute atomic E-state index is 0.182. The van der Waals surface area contributed by atoms with Gasteiger partial charge in [-0.05, 0) is 54.4 Å². The van der Waals surface area contributed by atoms with E-state index in [0.29, 0.717) is 41.9 Å². The maximum Gasteiger partial charge on any atom is 0.268 e. The van der Waals surface area contributed by atoms with E-state index in [1.165, 1.54) is 0 Å². The van der Waals surface area contributed by atoms with Crippen LogP contribution in [0.4, 0.5) is 0 Å². The summed E-state index contributed by atoms with van der Waals surface area (Å²) in [5.74, 6) is 1.97. The molecule has 0 atom stereocenters. The third-order valence-electron chi connectivity index (χ3n) is 5.61. The van der Waals surface area contributed by atoms with Crippen LogP contribution in [0.2, 0.25) is 5.02 Å². The van der Waals surface area contributed by atoms with E-state index < -0.39 is 0 Å². The molecule has 33 heavy (non-hydrogen) atoms. The van der Waals surface area contributed by atoms with Gasteiger partial charge in [-0.1, -0.05) is 41.9 Å². The van der Waals surface area contributed by atoms with Crippen molar-refractivity contribution in [2.24, 2.45) is 0 Å². The summed E-state index contributed by atoms with van der Waals surface area (Å²) in [6.07, 6.45) is 0. The molecule has 7 heteroatoms. The highest BCUT2D eigenvalue weighted by Crippen LogP contribution is 2.33. The molecular formula is C26H23ClN2O4. The Hall–Kier alpha value is -3.64. The molecule has 6 nitrogen and oxygen atoms in total. The van der Waals surface area contributed by atoms with Gasteiger partial charge in [0.1, 0.15) is 11.4 Å². The molecule has 1 aliphatic heterocycles. The molecule has 0 fully saturated rings. The number of nitrogens with zero attached hydrogens (tertiary/aromatic N) is 1. The molecule has 0 aliphatic carbocycles. The van der Waals surface area contributed by atoms with Crippen LogP contribution < -0.4 is 19.5 Å². The van der Waals surface area contributed by atoms with E-state index in [2.05, 4.69) is 5.32 Å². The second kappa shape index (κ2) is 9.08. The maximum absolute atomic E-state index is 13.3. The zero-order chi connectivity index (χ0) is 22.8. The second-order valence-electron chi connectivity index (χ2n) is 7.70. The lowest BCUT2D eigenvalue weighted by Gasteiger charge is -2.13. The zero-order valence-corrected chi connectivity index (χ0v) is 18.9. The average molecular weight is 463 g/mol. The fraction of sp³-hybridized carbons (Fsp3) is 0.192. The molecule has 5 rings (SSSR count). The molecule has 0 unspecified atom stereocenters. The lowest BCUT2D eigenvalue weighted by molar-refractivity contribution is 0.0942. The molecule has 3 aromatic carbocycles. The molecular weight excluding hydrogens is 440 g/mol. The number of fused-ring (bicyclic) bond motifs is 2. The fourth-order valence-corrected chi connectivity index (χ4v) is 4.21. The van der Waals surface area contributed by atoms with Crippen molar-refractivity contribution in [3.8, 4) is 17.2 Å². The number of aromatic nitrogens is 1. The summed E-state index contributed by atoms with van der Waals surface area (Å²) >= 11 is 6.43. The van der Waals surface area contributed by atoms with E-state index in [4.69, 9.17) is 25.8 Å². The highest BCUT2D eigenvalue weighted by molar-refractivity contribution is 6.31. The number of carbonyl (C=O) groups is 1. The summed E-state index contributed by atoms with van der Waals surface area (Å²) in [5.41, 5.74) is 3.31. The topological polar surface area (TPSA) is 61.7 Å². The van der Waals surface area contributed by atoms with Gasteiger partial charge in [0, 0.05) is 23.5 Å². The Morgan fingerprint density at radius 1 is 1.06 bits per heavy atom. The molecule has 2 heterocycles. The van der Waals surface area contributed by atoms with Crippen LogP contribution in [0.25, 0.3) is 10.9 Å². The van der Waals surface area contributed by atoms with E-state index >= 15 is 0 Å². The van der Waals surface area contributed by atoms with Crippen molar-refractivity contribution in [2.45, 2.75) is 20.0 Å². The maximum atomic E-state index is 13.3. The number of hydrogen-bond donors (Lipinski definition) is 1. The first-order valence-corrected chi connectivity index (χ1v) is 11.2. The van der Waals surface area contributed by atoms with Crippen molar-refractivity contribution in [3.05, 3.63) is 88.6 Å². The van der Waals surface area contributed by atoms with Crippen molar-refractivity contribution in [2.75, 3.05) is 13.4 Å². The normalized spacial score (nSPS) is 12.2. The molecule has 1 aliphatic rings. The van der Waals surface area contributed by atoms with Crippen LogP contribution in [0, 0.1) is 0 Å². The van der Waals surface area contributed by atoms with Gasteiger partial charge in [0.2, 0.25) is 6.79 Å². The van der Waals surface area contributed by atoms with Crippen molar-refractivity contribution < 1.29 is 19.0 Å². The van der Waals surface area contributed by atoms with Gasteiger partial charge >= 0.3 is 0 Å². The molecule has 4 aromatic rings. The quantitative estimate of drug-likeness (QED) is 0.399. The second-order valence-corrected chi connectivity index (χ2v) is 8.11. The Kier molecular flexibility index (Phi) is 5.84. The van der Waals surface area contributed by atoms with Crippen LogP contribution in [0.5, 0.6) is 17.2 Å². The van der Waals surface area contributed by atoms with E-state index in [-0.39, 0.29) is 12.7 Å². The highest BCUT2D eigenvalue weighted by Gasteiger charge is 2.19. The molecule has 168 valence electrons. The van der Waals surface area contributed by atoms with Gasteiger partial charge in [-0.2, -0.15) is 0 Å². The third-order valence-corrected chi connectivity index (χ3v) is 5.98. The Balaban J connectivity index is 1.48. The van der Waals surface area contributed by atoms with Gasteiger partial charge in [0.05, 0.1) is 12.1 Å². The Morgan fingerprint density at radius 3 is 2.76 bits per heavy atom. The van der Waals surface area contributed by atoms with Crippen LogP contribution in [-0.2, 0) is 13.1 Å². The van der Waals surface area contributed by atoms with Gasteiger partial charge in [-0.3, -0.25) is 4.79 Å². The van der Waals surface area contributed by atoms with Crippen LogP contribution >= 0.6 is 11.6 Å². The summed E-state index contributed by atoms with van der Waals surface area (Å²) in [6, 6.07) is 21.0. The van der Waals surface area contributed by atoms with E-state index in [1.54, 1.807) is 0 Å². The van der Waals surface area contributed by atoms with Crippen LogP contribution in [0.3, 0.4) is 0 Å². The highest BCUT2D eigenvalue weighted by atomic mass is 35.5. The Morgan fingerprint density at radius 2 is 1.91 bits per heavy atom. The molecule has 1 N–H and O–H groups in total. The third kappa shape index (κ3) is 4.22. The van der Waals surface area contributed by atoms with Crippen molar-refractivity contribution in [1.29, 1.82) is 0 Å². The summed E-state index contributed by atoms with van der Waals surface area (Å²) in [4.78, 5) is 13.3. The average Bonchev–Trinajstić information content (AvgIpc) is 3.44. The van der Waals surface area contributed by atoms with E-state index in [1.807, 2.05) is 78.2 Å². The number of hydrogen-bond acceptors (Lipinski definition) is 4. The van der Waals surface area contributed by atoms with Crippen LogP contribution in [0.1, 0.15) is 28.5 Å². The standard InChI is InChI=1S/C26H23ClN2O4/c1-2-31-23-9-5-8-21-19(23)13-22(29(21)15-18-6-3-4-7-20(18)27)26(30)28-14-17-10-11-24-25(12-17)33-16-32-24/h3-13H,2,14-16H2,1H3,(H,28,30). The fourth-order valence-electron chi connectivity index (χ4n) is 4.02. The Bertz CT molecular complexity index is 1330. The van der Waals surface area contributed by atoms with Crippen LogP contribution in [-0.4, -0.2) is 23.9 Å². The Labute approximate surface area is 196 Å². The number of ether oxygens (including phenoxy) is 3. The summed E-state index contributed by atoms with van der Waals surface area (Å²) in [5, 5.41) is 4.58. The van der Waals surface area contributed by atoms with Gasteiger partial charge in [0.25, 0.3) is 5.91 Å². The van der Waals surface area contributed by atoms with Gasteiger partial charge in [-0.15, -0.1) is 0 Å². The minimum atomic E-state index is -0.182. The number of benzene rings is 3. The number of carbonyl (C=O) groups excluding carboxylic acids is 1. The number of rotatable bonds is 7. The summed E-state index contributed by atoms with van der Waals surface area (Å²) in [7, 11) is 0. The molecule has 0 spiro atoms. The number of nitrogens with one attached hydrogen (secondary N) is 1. The lowest BCUT2D eigenvalue weighted by Crippen LogP contribution is -2.25. The summed E-state index contributed by atoms with van der Waals surface area (Å²) in [6.45, 7) is 3.53. The minimum Gasteiger partial charge on any atom is -0.493 e. The molecule has 1 amide bonds. The van der Waals surface area contributed by atoms with E-state index in [0.717, 1.165) is 27.8 Å². The van der Waals surface area contributed by atoms with Crippen LogP contribution in [0.15, 0.2) is 66.7 Å². The monoisotopic (exact) mass is 462 g/mol. The number of amides is 1. The molecule has 0 saturated carbocycles. The summed E-state index contributed by atoms with van der Waals surface area (Å²) < 4.78 is 18.6. The smallest absolute Gasteiger partial charge is 0.268 e. The first kappa shape index (κ1) is 21.2. The lowest BCUT2D eigenvalue weighted by atomic mass is 10.2. The predicted octanol–water partition coefficient (Wildman–Crippen LogP) is 5.40. The van der Waals surface area contributed by atoms with Crippen molar-refractivity contribution >= 4 is 28.4 Å². The van der Waals surface area contributed by atoms with Crippen molar-refractivity contribution in [3.63, 3.8) is 0 Å². The van der Waals surface area contributed by atoms with Gasteiger partial charge < -0.3 is 24.1 Å². The zero-order valence-electron chi connectivity index (χ0n) is 18.1. The first-order valence-electron chi connectivity index (χ1n) is 10.8. The molecule has 0 radical (unpaired) electrons. The van der Waals surface area contributed by atoms with Crippen molar-refractivity contribution in [1.82, 2.24) is 9.88 Å². The largest absolute Gasteiger partial charge is 0.493 e. The van der Waals surface area contributed by atoms with Gasteiger partial charge in [-0.25, -0.2) is 0 Å². The predicted molar refractivity (Wildman–Crippen MR) is 127 cm³/mol. The molecule has 0 bridgehead atoms. The number of halogens is 1. The van der Waals surface area contributed by atoms with Gasteiger partial charge in [0.15, 0.2) is 11.5 Å². The SMILES string of the molecule is CCOc1cccc2c1cc(C(=O)NCc1ccc3c(c1)OCO3)n2Cc1ccccc1Cl. The molecule has 0 saturated heterocycles. The first-order chi connectivity index (χ1) is 16.1. The molecule has 1 aromatic heterocycles. The van der Waals surface area contributed by atoms with E-state index in [9.17, 15) is 4.79 Å².